The number of hydrogen-bond donors (Lipinski definition) is 0. The Morgan fingerprint density at radius 1 is 1.19 bits per heavy atom. The molecule has 3 aromatic rings. The summed E-state index contributed by atoms with van der Waals surface area (Å²) in [5.74, 6) is 0. The molecule has 6 nitrogen and oxygen atoms in total. The fourth-order valence-electron chi connectivity index (χ4n) is 3.06. The van der Waals surface area contributed by atoms with Gasteiger partial charge in [-0.25, -0.2) is 9.67 Å². The number of rotatable bonds is 4. The third-order valence-corrected chi connectivity index (χ3v) is 5.50. The molecule has 1 aliphatic rings. The largest absolute Gasteiger partial charge is 0.306 e. The lowest BCUT2D eigenvalue weighted by Gasteiger charge is -2.32. The molecule has 0 bridgehead atoms. The smallest absolute Gasteiger partial charge is 0.257 e. The molecule has 26 heavy (non-hydrogen) atoms. The molecule has 3 atom stereocenters. The minimum atomic E-state index is -1.95. The first kappa shape index (κ1) is 17.6. The maximum atomic E-state index is 12.3. The van der Waals surface area contributed by atoms with Crippen LogP contribution in [-0.4, -0.2) is 19.0 Å². The minimum absolute atomic E-state index is 0.208. The van der Waals surface area contributed by atoms with Gasteiger partial charge in [-0.1, -0.05) is 59.6 Å². The number of benzene rings is 2. The molecule has 134 valence electrons. The van der Waals surface area contributed by atoms with Crippen molar-refractivity contribution in [2.75, 3.05) is 0 Å². The predicted octanol–water partition coefficient (Wildman–Crippen LogP) is 3.85. The van der Waals surface area contributed by atoms with Gasteiger partial charge in [-0.2, -0.15) is 9.31 Å². The van der Waals surface area contributed by atoms with E-state index < -0.39 is 23.1 Å². The van der Waals surface area contributed by atoms with Gasteiger partial charge in [0.25, 0.3) is 0 Å². The van der Waals surface area contributed by atoms with E-state index in [1.54, 1.807) is 29.2 Å². The maximum Gasteiger partial charge on any atom is 0.306 e. The van der Waals surface area contributed by atoms with Crippen molar-refractivity contribution in [3.8, 4) is 0 Å². The molecule has 0 radical (unpaired) electrons. The van der Waals surface area contributed by atoms with Crippen LogP contribution >= 0.6 is 23.2 Å². The van der Waals surface area contributed by atoms with Crippen LogP contribution in [0, 0.1) is 0 Å². The van der Waals surface area contributed by atoms with Gasteiger partial charge in [-0.15, -0.1) is 0 Å². The normalized spacial score (nSPS) is 25.5. The zero-order chi connectivity index (χ0) is 18.1. The quantitative estimate of drug-likeness (QED) is 0.654. The highest BCUT2D eigenvalue weighted by Crippen LogP contribution is 2.50. The molecule has 0 unspecified atom stereocenters. The molecule has 0 spiro atoms. The van der Waals surface area contributed by atoms with E-state index in [0.29, 0.717) is 15.6 Å². The topological polar surface area (TPSA) is 66.2 Å². The molecule has 1 aliphatic heterocycles. The molecule has 2 aromatic carbocycles. The van der Waals surface area contributed by atoms with Crippen molar-refractivity contribution in [1.82, 2.24) is 14.8 Å². The summed E-state index contributed by atoms with van der Waals surface area (Å²) >= 11 is 10.6. The molecule has 0 N–H and O–H groups in total. The van der Waals surface area contributed by atoms with Crippen LogP contribution in [0.25, 0.3) is 0 Å². The molecular weight excluding hydrogens is 397 g/mol. The third-order valence-electron chi connectivity index (χ3n) is 4.17. The summed E-state index contributed by atoms with van der Waals surface area (Å²) in [6.07, 6.45) is 2.31. The Balaban J connectivity index is 1.90. The van der Waals surface area contributed by atoms with E-state index in [1.807, 2.05) is 30.3 Å². The van der Waals surface area contributed by atoms with Crippen molar-refractivity contribution in [3.63, 3.8) is 0 Å². The van der Waals surface area contributed by atoms with Crippen molar-refractivity contribution in [2.45, 2.75) is 18.2 Å². The highest BCUT2D eigenvalue weighted by Gasteiger charge is 2.53. The fourth-order valence-corrected chi connectivity index (χ4v) is 4.57. The van der Waals surface area contributed by atoms with Crippen LogP contribution in [0.3, 0.4) is 0 Å². The molecule has 1 aromatic heterocycles. The van der Waals surface area contributed by atoms with Gasteiger partial charge in [0.05, 0.1) is 6.54 Å². The van der Waals surface area contributed by atoms with Gasteiger partial charge in [-0.05, 0) is 17.7 Å². The Labute approximate surface area is 162 Å². The van der Waals surface area contributed by atoms with Gasteiger partial charge in [0, 0.05) is 15.6 Å². The summed E-state index contributed by atoms with van der Waals surface area (Å²) in [6, 6.07) is 14.5. The summed E-state index contributed by atoms with van der Waals surface area (Å²) in [5, 5.41) is 5.03. The summed E-state index contributed by atoms with van der Waals surface area (Å²) < 4.78 is 25.3. The average Bonchev–Trinajstić information content (AvgIpc) is 3.24. The highest BCUT2D eigenvalue weighted by molar-refractivity contribution is 7.75. The van der Waals surface area contributed by atoms with Crippen LogP contribution in [0.4, 0.5) is 0 Å². The lowest BCUT2D eigenvalue weighted by molar-refractivity contribution is 0.0124. The molecular formula is C17H13Cl2N3O3S. The second-order valence-corrected chi connectivity index (χ2v) is 7.39. The zero-order valence-corrected chi connectivity index (χ0v) is 15.6. The van der Waals surface area contributed by atoms with Gasteiger partial charge in [0.1, 0.15) is 18.8 Å². The van der Waals surface area contributed by atoms with E-state index in [0.717, 1.165) is 5.56 Å². The van der Waals surface area contributed by atoms with Gasteiger partial charge in [0.15, 0.2) is 5.60 Å². The third kappa shape index (κ3) is 3.17. The summed E-state index contributed by atoms with van der Waals surface area (Å²) in [5.41, 5.74) is 0.255. The first-order valence-corrected chi connectivity index (χ1v) is 9.45. The Morgan fingerprint density at radius 2 is 2.00 bits per heavy atom. The van der Waals surface area contributed by atoms with E-state index >= 15 is 0 Å². The summed E-state index contributed by atoms with van der Waals surface area (Å²) in [4.78, 5) is 3.97. The van der Waals surface area contributed by atoms with E-state index in [9.17, 15) is 4.21 Å². The SMILES string of the molecule is O=[S@@]1O[C@H](c2ccccc2)[C@@](Cn2cncn2)(c2ccc(Cl)cc2Cl)O1. The lowest BCUT2D eigenvalue weighted by Crippen LogP contribution is -2.37. The van der Waals surface area contributed by atoms with Gasteiger partial charge < -0.3 is 0 Å². The molecule has 1 fully saturated rings. The molecule has 0 aliphatic carbocycles. The van der Waals surface area contributed by atoms with Crippen molar-refractivity contribution in [1.29, 1.82) is 0 Å². The van der Waals surface area contributed by atoms with Crippen molar-refractivity contribution >= 4 is 34.6 Å². The first-order chi connectivity index (χ1) is 12.6. The van der Waals surface area contributed by atoms with E-state index in [-0.39, 0.29) is 6.54 Å². The second-order valence-electron chi connectivity index (χ2n) is 5.78. The second kappa shape index (κ2) is 7.09. The minimum Gasteiger partial charge on any atom is -0.257 e. The maximum absolute atomic E-state index is 12.3. The monoisotopic (exact) mass is 409 g/mol. The molecule has 4 rings (SSSR count). The number of nitrogens with zero attached hydrogens (tertiary/aromatic N) is 3. The van der Waals surface area contributed by atoms with Gasteiger partial charge in [-0.3, -0.25) is 8.37 Å². The number of halogens is 2. The lowest BCUT2D eigenvalue weighted by atomic mass is 9.84. The number of hydrogen-bond acceptors (Lipinski definition) is 5. The molecule has 0 saturated carbocycles. The predicted molar refractivity (Wildman–Crippen MR) is 97.7 cm³/mol. The van der Waals surface area contributed by atoms with Crippen LogP contribution in [0.5, 0.6) is 0 Å². The summed E-state index contributed by atoms with van der Waals surface area (Å²) in [6.45, 7) is 0.208. The van der Waals surface area contributed by atoms with Crippen LogP contribution in [0.1, 0.15) is 17.2 Å². The van der Waals surface area contributed by atoms with E-state index in [2.05, 4.69) is 10.1 Å². The standard InChI is InChI=1S/C17H13Cl2N3O3S/c18-13-6-7-14(15(19)8-13)17(9-22-11-20-10-21-22)16(24-26(23)25-17)12-4-2-1-3-5-12/h1-8,10-11,16H,9H2/t16-,17-,26-/m1/s1. The molecule has 1 saturated heterocycles. The van der Waals surface area contributed by atoms with Gasteiger partial charge in [0.2, 0.25) is 0 Å². The Bertz CT molecular complexity index is 940. The Morgan fingerprint density at radius 3 is 2.69 bits per heavy atom. The van der Waals surface area contributed by atoms with Crippen molar-refractivity contribution < 1.29 is 12.6 Å². The Hall–Kier alpha value is -1.77. The first-order valence-electron chi connectivity index (χ1n) is 7.70. The Kier molecular flexibility index (Phi) is 4.81. The van der Waals surface area contributed by atoms with E-state index in [4.69, 9.17) is 31.6 Å². The van der Waals surface area contributed by atoms with Crippen LogP contribution in [0.2, 0.25) is 10.0 Å². The fraction of sp³-hybridized carbons (Fsp3) is 0.176. The van der Waals surface area contributed by atoms with Crippen LogP contribution in [0.15, 0.2) is 61.2 Å². The average molecular weight is 410 g/mol. The summed E-state index contributed by atoms with van der Waals surface area (Å²) in [7, 11) is 0. The van der Waals surface area contributed by atoms with Gasteiger partial charge >= 0.3 is 11.4 Å². The molecule has 9 heteroatoms. The highest BCUT2D eigenvalue weighted by atomic mass is 35.5. The number of aromatic nitrogens is 3. The molecule has 0 amide bonds. The van der Waals surface area contributed by atoms with Crippen LogP contribution in [-0.2, 0) is 31.9 Å². The van der Waals surface area contributed by atoms with E-state index in [1.165, 1.54) is 6.33 Å². The van der Waals surface area contributed by atoms with Crippen LogP contribution < -0.4 is 0 Å². The molecule has 2 heterocycles. The van der Waals surface area contributed by atoms with Crippen molar-refractivity contribution in [2.24, 2.45) is 0 Å². The zero-order valence-electron chi connectivity index (χ0n) is 13.3. The van der Waals surface area contributed by atoms with Crippen molar-refractivity contribution in [3.05, 3.63) is 82.4 Å².